The third kappa shape index (κ3) is 5.70. The number of ether oxygens (including phenoxy) is 3. The molecule has 0 radical (unpaired) electrons. The zero-order chi connectivity index (χ0) is 31.1. The molecule has 5 rings (SSSR count). The van der Waals surface area contributed by atoms with Crippen LogP contribution < -0.4 is 14.2 Å². The van der Waals surface area contributed by atoms with Crippen LogP contribution in [0.3, 0.4) is 0 Å². The van der Waals surface area contributed by atoms with Crippen molar-refractivity contribution < 1.29 is 34.5 Å². The van der Waals surface area contributed by atoms with Gasteiger partial charge < -0.3 is 29.5 Å². The van der Waals surface area contributed by atoms with E-state index in [0.29, 0.717) is 41.2 Å². The summed E-state index contributed by atoms with van der Waals surface area (Å²) in [6, 6.07) is 13.5. The SMILES string of the molecule is COc1cc(C=Cc2cc3c(c(OC)c2)O[C@]2(C)C[C@@H](O)[C@@H](O)C(C)(C)[C@H]2C3)cc(O)c1C=Cc1ccc([N+](=O)[O-])cc1. The molecule has 1 saturated carbocycles. The minimum atomic E-state index is -0.872. The van der Waals surface area contributed by atoms with Crippen LogP contribution in [0.5, 0.6) is 23.0 Å². The largest absolute Gasteiger partial charge is 0.507 e. The molecule has 0 saturated heterocycles. The number of nitrogens with zero attached hydrogens (tertiary/aromatic N) is 1. The maximum absolute atomic E-state index is 10.9. The normalized spacial score (nSPS) is 24.3. The van der Waals surface area contributed by atoms with E-state index in [-0.39, 0.29) is 17.4 Å². The summed E-state index contributed by atoms with van der Waals surface area (Å²) in [5, 5.41) is 43.1. The van der Waals surface area contributed by atoms with Crippen molar-refractivity contribution in [1.82, 2.24) is 0 Å². The molecular formula is C34H37NO8. The van der Waals surface area contributed by atoms with E-state index in [1.54, 1.807) is 37.5 Å². The fourth-order valence-corrected chi connectivity index (χ4v) is 6.55. The number of hydrogen-bond donors (Lipinski definition) is 3. The zero-order valence-electron chi connectivity index (χ0n) is 24.9. The molecule has 3 aromatic carbocycles. The molecule has 1 heterocycles. The van der Waals surface area contributed by atoms with Gasteiger partial charge in [-0.15, -0.1) is 0 Å². The van der Waals surface area contributed by atoms with Crippen molar-refractivity contribution in [2.45, 2.75) is 51.4 Å². The molecule has 1 aliphatic heterocycles. The highest BCUT2D eigenvalue weighted by molar-refractivity contribution is 5.79. The summed E-state index contributed by atoms with van der Waals surface area (Å²) >= 11 is 0. The van der Waals surface area contributed by atoms with Crippen molar-refractivity contribution in [1.29, 1.82) is 0 Å². The summed E-state index contributed by atoms with van der Waals surface area (Å²) in [6.45, 7) is 5.95. The molecule has 9 heteroatoms. The van der Waals surface area contributed by atoms with Crippen LogP contribution in [0.2, 0.25) is 0 Å². The van der Waals surface area contributed by atoms with E-state index in [0.717, 1.165) is 16.7 Å². The average molecular weight is 588 g/mol. The van der Waals surface area contributed by atoms with Crippen LogP contribution in [-0.2, 0) is 6.42 Å². The number of fused-ring (bicyclic) bond motifs is 2. The number of benzene rings is 3. The summed E-state index contributed by atoms with van der Waals surface area (Å²) in [5.41, 5.74) is 2.57. The second-order valence-electron chi connectivity index (χ2n) is 12.1. The van der Waals surface area contributed by atoms with Crippen LogP contribution in [0.1, 0.15) is 55.0 Å². The Morgan fingerprint density at radius 1 is 0.907 bits per heavy atom. The standard InChI is InChI=1S/C34H37NO8/c1-33(2)30-18-23-14-21(17-29(42-5)31(23)43-34(30,3)19-27(37)32(33)38)6-7-22-15-26(36)25(28(16-22)41-4)13-10-20-8-11-24(12-9-20)35(39)40/h6-17,27,30,32,36-38H,18-19H2,1-5H3/t27-,30-,32-,34-/m1/s1. The molecule has 2 aliphatic rings. The van der Waals surface area contributed by atoms with Crippen LogP contribution in [0.4, 0.5) is 5.69 Å². The Hall–Kier alpha value is -4.34. The third-order valence-corrected chi connectivity index (χ3v) is 8.89. The molecule has 1 fully saturated rings. The Kier molecular flexibility index (Phi) is 7.98. The van der Waals surface area contributed by atoms with E-state index < -0.39 is 28.1 Å². The Balaban J connectivity index is 1.42. The molecule has 226 valence electrons. The number of aliphatic hydroxyl groups is 2. The zero-order valence-corrected chi connectivity index (χ0v) is 24.9. The summed E-state index contributed by atoms with van der Waals surface area (Å²) < 4.78 is 17.8. The van der Waals surface area contributed by atoms with E-state index in [9.17, 15) is 25.4 Å². The van der Waals surface area contributed by atoms with Gasteiger partial charge in [0, 0.05) is 29.9 Å². The van der Waals surface area contributed by atoms with Crippen molar-refractivity contribution in [3.8, 4) is 23.0 Å². The van der Waals surface area contributed by atoms with Gasteiger partial charge in [-0.1, -0.05) is 32.1 Å². The molecule has 0 aromatic heterocycles. The summed E-state index contributed by atoms with van der Waals surface area (Å²) in [5.74, 6) is 1.70. The minimum Gasteiger partial charge on any atom is -0.507 e. The Labute approximate surface area is 250 Å². The lowest BCUT2D eigenvalue weighted by molar-refractivity contribution is -0.384. The van der Waals surface area contributed by atoms with Crippen molar-refractivity contribution in [3.63, 3.8) is 0 Å². The van der Waals surface area contributed by atoms with E-state index in [1.165, 1.54) is 19.2 Å². The highest BCUT2D eigenvalue weighted by Gasteiger charge is 2.58. The number of nitro benzene ring substituents is 1. The summed E-state index contributed by atoms with van der Waals surface area (Å²) in [6.07, 6.45) is 6.50. The van der Waals surface area contributed by atoms with E-state index in [4.69, 9.17) is 14.2 Å². The molecule has 0 amide bonds. The molecule has 43 heavy (non-hydrogen) atoms. The number of phenolic OH excluding ortho intramolecular Hbond substituents is 1. The lowest BCUT2D eigenvalue weighted by Gasteiger charge is -2.56. The van der Waals surface area contributed by atoms with Crippen molar-refractivity contribution in [3.05, 3.63) is 86.5 Å². The van der Waals surface area contributed by atoms with Gasteiger partial charge in [0.2, 0.25) is 0 Å². The molecule has 1 aliphatic carbocycles. The molecule has 0 unspecified atom stereocenters. The predicted molar refractivity (Wildman–Crippen MR) is 165 cm³/mol. The highest BCUT2D eigenvalue weighted by Crippen LogP contribution is 2.55. The molecule has 0 bridgehead atoms. The van der Waals surface area contributed by atoms with Gasteiger partial charge in [0.1, 0.15) is 17.1 Å². The quantitative estimate of drug-likeness (QED) is 0.171. The van der Waals surface area contributed by atoms with Gasteiger partial charge in [0.15, 0.2) is 11.5 Å². The topological polar surface area (TPSA) is 132 Å². The van der Waals surface area contributed by atoms with Crippen LogP contribution in [0, 0.1) is 21.4 Å². The number of nitro groups is 1. The Bertz CT molecular complexity index is 1590. The third-order valence-electron chi connectivity index (χ3n) is 8.89. The number of aromatic hydroxyl groups is 1. The minimum absolute atomic E-state index is 0.00716. The summed E-state index contributed by atoms with van der Waals surface area (Å²) in [7, 11) is 3.12. The lowest BCUT2D eigenvalue weighted by atomic mass is 9.57. The predicted octanol–water partition coefficient (Wildman–Crippen LogP) is 6.12. The number of aliphatic hydroxyl groups excluding tert-OH is 2. The molecule has 0 spiro atoms. The first-order valence-electron chi connectivity index (χ1n) is 14.1. The van der Waals surface area contributed by atoms with Gasteiger partial charge in [-0.2, -0.15) is 0 Å². The maximum Gasteiger partial charge on any atom is 0.269 e. The molecule has 4 atom stereocenters. The monoisotopic (exact) mass is 587 g/mol. The van der Waals surface area contributed by atoms with Crippen LogP contribution in [0.25, 0.3) is 24.3 Å². The number of methoxy groups -OCH3 is 2. The summed E-state index contributed by atoms with van der Waals surface area (Å²) in [4.78, 5) is 10.5. The van der Waals surface area contributed by atoms with E-state index in [2.05, 4.69) is 0 Å². The Morgan fingerprint density at radius 2 is 1.51 bits per heavy atom. The lowest BCUT2D eigenvalue weighted by Crippen LogP contribution is -2.63. The van der Waals surface area contributed by atoms with Crippen LogP contribution in [-0.4, -0.2) is 52.3 Å². The first-order chi connectivity index (χ1) is 20.4. The van der Waals surface area contributed by atoms with Gasteiger partial charge in [0.05, 0.1) is 36.9 Å². The van der Waals surface area contributed by atoms with Crippen molar-refractivity contribution in [2.75, 3.05) is 14.2 Å². The average Bonchev–Trinajstić information content (AvgIpc) is 2.97. The number of hydrogen-bond acceptors (Lipinski definition) is 8. The van der Waals surface area contributed by atoms with Crippen LogP contribution >= 0.6 is 0 Å². The molecule has 3 aromatic rings. The van der Waals surface area contributed by atoms with Crippen molar-refractivity contribution >= 4 is 30.0 Å². The van der Waals surface area contributed by atoms with Crippen LogP contribution in [0.15, 0.2) is 48.5 Å². The van der Waals surface area contributed by atoms with Gasteiger partial charge in [-0.05, 0) is 78.1 Å². The fraction of sp³-hybridized carbons (Fsp3) is 0.353. The molecular weight excluding hydrogens is 550 g/mol. The fourth-order valence-electron chi connectivity index (χ4n) is 6.55. The van der Waals surface area contributed by atoms with E-state index >= 15 is 0 Å². The van der Waals surface area contributed by atoms with Gasteiger partial charge in [-0.25, -0.2) is 0 Å². The van der Waals surface area contributed by atoms with Gasteiger partial charge in [-0.3, -0.25) is 10.1 Å². The number of rotatable bonds is 7. The van der Waals surface area contributed by atoms with Gasteiger partial charge >= 0.3 is 0 Å². The van der Waals surface area contributed by atoms with E-state index in [1.807, 2.05) is 51.1 Å². The highest BCUT2D eigenvalue weighted by atomic mass is 16.6. The second kappa shape index (κ2) is 11.4. The maximum atomic E-state index is 10.9. The van der Waals surface area contributed by atoms with Gasteiger partial charge in [0.25, 0.3) is 5.69 Å². The first-order valence-corrected chi connectivity index (χ1v) is 14.1. The smallest absolute Gasteiger partial charge is 0.269 e. The second-order valence-corrected chi connectivity index (χ2v) is 12.1. The molecule has 3 N–H and O–H groups in total. The Morgan fingerprint density at radius 3 is 2.14 bits per heavy atom. The first kappa shape index (κ1) is 30.1. The number of phenols is 1. The van der Waals surface area contributed by atoms with Crippen molar-refractivity contribution in [2.24, 2.45) is 11.3 Å². The number of non-ortho nitro benzene ring substituents is 1. The molecule has 9 nitrogen and oxygen atoms in total.